The summed E-state index contributed by atoms with van der Waals surface area (Å²) in [7, 11) is 0. The Kier molecular flexibility index (Phi) is 4.33. The third kappa shape index (κ3) is 3.21. The highest BCUT2D eigenvalue weighted by Gasteiger charge is 2.36. The van der Waals surface area contributed by atoms with Crippen molar-refractivity contribution in [3.8, 4) is 0 Å². The second-order valence-electron chi connectivity index (χ2n) is 6.97. The van der Waals surface area contributed by atoms with Gasteiger partial charge in [-0.15, -0.1) is 0 Å². The zero-order valence-electron chi connectivity index (χ0n) is 14.2. The first-order valence-electron chi connectivity index (χ1n) is 8.81. The second-order valence-corrected chi connectivity index (χ2v) is 6.97. The van der Waals surface area contributed by atoms with E-state index in [-0.39, 0.29) is 12.1 Å². The van der Waals surface area contributed by atoms with Crippen molar-refractivity contribution >= 4 is 0 Å². The van der Waals surface area contributed by atoms with Crippen molar-refractivity contribution in [1.82, 2.24) is 20.4 Å². The van der Waals surface area contributed by atoms with Crippen molar-refractivity contribution in [2.24, 2.45) is 5.92 Å². The molecule has 4 rings (SSSR count). The molecular weight excluding hydrogens is 304 g/mol. The van der Waals surface area contributed by atoms with Gasteiger partial charge in [0.2, 0.25) is 0 Å². The molecule has 3 atom stereocenters. The number of aromatic nitrogens is 3. The van der Waals surface area contributed by atoms with Crippen LogP contribution >= 0.6 is 0 Å². The van der Waals surface area contributed by atoms with Crippen LogP contribution in [0.1, 0.15) is 67.1 Å². The van der Waals surface area contributed by atoms with Crippen LogP contribution in [0.4, 0.5) is 0 Å². The van der Waals surface area contributed by atoms with E-state index in [1.807, 2.05) is 18.5 Å². The van der Waals surface area contributed by atoms with E-state index in [0.717, 1.165) is 25.4 Å². The number of ether oxygens (including phenoxy) is 1. The number of hydrogen-bond donors (Lipinski definition) is 1. The van der Waals surface area contributed by atoms with Crippen molar-refractivity contribution in [2.75, 3.05) is 13.2 Å². The van der Waals surface area contributed by atoms with Gasteiger partial charge in [-0.3, -0.25) is 4.98 Å². The standard InChI is InChI=1S/C18H24N4O2/c1-11-5-7-19-10-15(11)12(2)20-9-14-6-8-23-16(14)18-21-17(22-24-18)13-3-4-13/h5,7,10,12-14,16,20H,3-4,6,8-9H2,1-2H3/t12?,14-,16-/m0/s1. The molecule has 1 unspecified atom stereocenters. The van der Waals surface area contributed by atoms with Crippen LogP contribution in [-0.4, -0.2) is 28.3 Å². The van der Waals surface area contributed by atoms with E-state index in [1.54, 1.807) is 0 Å². The molecule has 6 heteroatoms. The average Bonchev–Trinajstić information content (AvgIpc) is 3.14. The van der Waals surface area contributed by atoms with Gasteiger partial charge in [-0.2, -0.15) is 4.98 Å². The molecule has 2 fully saturated rings. The highest BCUT2D eigenvalue weighted by atomic mass is 16.5. The molecule has 1 saturated carbocycles. The summed E-state index contributed by atoms with van der Waals surface area (Å²) in [5.74, 6) is 2.36. The van der Waals surface area contributed by atoms with E-state index in [4.69, 9.17) is 9.26 Å². The van der Waals surface area contributed by atoms with Crippen LogP contribution in [0.15, 0.2) is 23.0 Å². The highest BCUT2D eigenvalue weighted by molar-refractivity contribution is 5.24. The van der Waals surface area contributed by atoms with Crippen molar-refractivity contribution in [1.29, 1.82) is 0 Å². The summed E-state index contributed by atoms with van der Waals surface area (Å²) in [5, 5.41) is 7.73. The molecule has 3 heterocycles. The lowest BCUT2D eigenvalue weighted by Crippen LogP contribution is -2.28. The molecule has 1 N–H and O–H groups in total. The summed E-state index contributed by atoms with van der Waals surface area (Å²) in [5.41, 5.74) is 2.50. The van der Waals surface area contributed by atoms with Crippen LogP contribution in [0.3, 0.4) is 0 Å². The Hall–Kier alpha value is -1.79. The SMILES string of the molecule is Cc1ccncc1C(C)NC[C@@H]1CCO[C@@H]1c1nc(C2CC2)no1. The van der Waals surface area contributed by atoms with Crippen molar-refractivity contribution in [3.05, 3.63) is 41.3 Å². The number of aryl methyl sites for hydroxylation is 1. The highest BCUT2D eigenvalue weighted by Crippen LogP contribution is 2.40. The first kappa shape index (κ1) is 15.7. The second kappa shape index (κ2) is 6.61. The first-order chi connectivity index (χ1) is 11.7. The minimum absolute atomic E-state index is 0.0836. The maximum absolute atomic E-state index is 5.88. The van der Waals surface area contributed by atoms with E-state index in [1.165, 1.54) is 24.0 Å². The Labute approximate surface area is 142 Å². The third-order valence-electron chi connectivity index (χ3n) is 5.09. The summed E-state index contributed by atoms with van der Waals surface area (Å²) >= 11 is 0. The van der Waals surface area contributed by atoms with Crippen molar-refractivity contribution in [3.63, 3.8) is 0 Å². The molecule has 0 spiro atoms. The average molecular weight is 328 g/mol. The van der Waals surface area contributed by atoms with Gasteiger partial charge >= 0.3 is 0 Å². The molecule has 0 aromatic carbocycles. The Bertz CT molecular complexity index is 698. The summed E-state index contributed by atoms with van der Waals surface area (Å²) in [4.78, 5) is 8.80. The number of nitrogens with one attached hydrogen (secondary N) is 1. The van der Waals surface area contributed by atoms with Crippen molar-refractivity contribution < 1.29 is 9.26 Å². The molecule has 128 valence electrons. The normalized spacial score (nSPS) is 25.1. The Morgan fingerprint density at radius 1 is 1.33 bits per heavy atom. The molecule has 2 aliphatic rings. The number of nitrogens with zero attached hydrogens (tertiary/aromatic N) is 3. The van der Waals surface area contributed by atoms with Gasteiger partial charge in [0, 0.05) is 43.4 Å². The van der Waals surface area contributed by atoms with Gasteiger partial charge < -0.3 is 14.6 Å². The molecule has 24 heavy (non-hydrogen) atoms. The number of hydrogen-bond acceptors (Lipinski definition) is 6. The van der Waals surface area contributed by atoms with Crippen LogP contribution in [0.25, 0.3) is 0 Å². The summed E-state index contributed by atoms with van der Waals surface area (Å²) < 4.78 is 11.3. The fourth-order valence-electron chi connectivity index (χ4n) is 3.35. The molecule has 1 saturated heterocycles. The molecule has 2 aromatic heterocycles. The van der Waals surface area contributed by atoms with Gasteiger partial charge in [-0.05, 0) is 50.3 Å². The smallest absolute Gasteiger partial charge is 0.256 e. The third-order valence-corrected chi connectivity index (χ3v) is 5.09. The zero-order valence-corrected chi connectivity index (χ0v) is 14.2. The van der Waals surface area contributed by atoms with Crippen LogP contribution < -0.4 is 5.32 Å². The van der Waals surface area contributed by atoms with Crippen LogP contribution in [0.2, 0.25) is 0 Å². The van der Waals surface area contributed by atoms with Gasteiger partial charge in [0.05, 0.1) is 0 Å². The van der Waals surface area contributed by atoms with Crippen LogP contribution in [0.5, 0.6) is 0 Å². The topological polar surface area (TPSA) is 73.1 Å². The van der Waals surface area contributed by atoms with Gasteiger partial charge in [0.25, 0.3) is 5.89 Å². The zero-order chi connectivity index (χ0) is 16.5. The summed E-state index contributed by atoms with van der Waals surface area (Å²) in [6, 6.07) is 2.30. The van der Waals surface area contributed by atoms with Gasteiger partial charge in [-0.1, -0.05) is 5.16 Å². The Balaban J connectivity index is 1.39. The number of rotatable bonds is 6. The molecule has 2 aromatic rings. The molecule has 1 aliphatic carbocycles. The van der Waals surface area contributed by atoms with E-state index in [0.29, 0.717) is 17.7 Å². The predicted molar refractivity (Wildman–Crippen MR) is 88.5 cm³/mol. The van der Waals surface area contributed by atoms with E-state index in [9.17, 15) is 0 Å². The largest absolute Gasteiger partial charge is 0.368 e. The van der Waals surface area contributed by atoms with Gasteiger partial charge in [0.15, 0.2) is 5.82 Å². The quantitative estimate of drug-likeness (QED) is 0.878. The monoisotopic (exact) mass is 328 g/mol. The lowest BCUT2D eigenvalue weighted by atomic mass is 9.99. The van der Waals surface area contributed by atoms with Gasteiger partial charge in [-0.25, -0.2) is 0 Å². The molecule has 0 radical (unpaired) electrons. The van der Waals surface area contributed by atoms with Crippen molar-refractivity contribution in [2.45, 2.75) is 51.2 Å². The maximum atomic E-state index is 5.88. The minimum atomic E-state index is -0.0836. The van der Waals surface area contributed by atoms with Gasteiger partial charge in [0.1, 0.15) is 6.10 Å². The Morgan fingerprint density at radius 2 is 2.21 bits per heavy atom. The molecule has 1 aliphatic heterocycles. The predicted octanol–water partition coefficient (Wildman–Crippen LogP) is 3.08. The van der Waals surface area contributed by atoms with Crippen LogP contribution in [-0.2, 0) is 4.74 Å². The first-order valence-corrected chi connectivity index (χ1v) is 8.81. The molecule has 0 amide bonds. The minimum Gasteiger partial charge on any atom is -0.368 e. The fraction of sp³-hybridized carbons (Fsp3) is 0.611. The summed E-state index contributed by atoms with van der Waals surface area (Å²) in [6.07, 6.45) is 7.06. The van der Waals surface area contributed by atoms with E-state index in [2.05, 4.69) is 34.3 Å². The van der Waals surface area contributed by atoms with E-state index < -0.39 is 0 Å². The summed E-state index contributed by atoms with van der Waals surface area (Å²) in [6.45, 7) is 5.90. The molecule has 6 nitrogen and oxygen atoms in total. The Morgan fingerprint density at radius 3 is 3.00 bits per heavy atom. The molecular formula is C18H24N4O2. The van der Waals surface area contributed by atoms with Crippen LogP contribution in [0, 0.1) is 12.8 Å². The van der Waals surface area contributed by atoms with E-state index >= 15 is 0 Å². The maximum Gasteiger partial charge on any atom is 0.256 e. The number of pyridine rings is 1. The lowest BCUT2D eigenvalue weighted by Gasteiger charge is -2.20. The molecule has 0 bridgehead atoms. The lowest BCUT2D eigenvalue weighted by molar-refractivity contribution is 0.0619. The fourth-order valence-corrected chi connectivity index (χ4v) is 3.35.